The fourth-order valence-corrected chi connectivity index (χ4v) is 2.53. The lowest BCUT2D eigenvalue weighted by Crippen LogP contribution is -2.44. The molecule has 1 atom stereocenters. The molecule has 0 bridgehead atoms. The highest BCUT2D eigenvalue weighted by atomic mass is 15.1. The first-order chi connectivity index (χ1) is 8.44. The van der Waals surface area contributed by atoms with Gasteiger partial charge in [0.2, 0.25) is 0 Å². The van der Waals surface area contributed by atoms with Crippen LogP contribution in [-0.2, 0) is 0 Å². The van der Waals surface area contributed by atoms with E-state index in [4.69, 9.17) is 0 Å². The molecule has 1 aliphatic heterocycles. The van der Waals surface area contributed by atoms with E-state index in [0.717, 1.165) is 19.5 Å². The van der Waals surface area contributed by atoms with Crippen LogP contribution in [0.4, 0.5) is 5.69 Å². The van der Waals surface area contributed by atoms with Gasteiger partial charge in [0.05, 0.1) is 12.0 Å². The molecule has 18 heavy (non-hydrogen) atoms. The molecule has 2 nitrogen and oxygen atoms in total. The molecule has 0 aromatic heterocycles. The zero-order chi connectivity index (χ0) is 13.3. The Balaban J connectivity index is 2.21. The minimum Gasteiger partial charge on any atom is -0.370 e. The van der Waals surface area contributed by atoms with Gasteiger partial charge in [-0.25, -0.2) is 0 Å². The zero-order valence-corrected chi connectivity index (χ0v) is 11.8. The second-order valence-electron chi connectivity index (χ2n) is 6.13. The minimum atomic E-state index is 0.118. The third kappa shape index (κ3) is 2.36. The SMILES string of the molecule is Cc1ccc(N2CCC(C)(C)C(C#N)C2)cc1C. The number of hydrogen-bond donors (Lipinski definition) is 0. The Morgan fingerprint density at radius 3 is 2.61 bits per heavy atom. The lowest BCUT2D eigenvalue weighted by molar-refractivity contribution is 0.217. The lowest BCUT2D eigenvalue weighted by Gasteiger charge is -2.41. The first-order valence-corrected chi connectivity index (χ1v) is 6.66. The monoisotopic (exact) mass is 242 g/mol. The molecule has 2 heteroatoms. The second-order valence-corrected chi connectivity index (χ2v) is 6.13. The van der Waals surface area contributed by atoms with Crippen molar-refractivity contribution in [3.05, 3.63) is 29.3 Å². The minimum absolute atomic E-state index is 0.118. The zero-order valence-electron chi connectivity index (χ0n) is 11.8. The van der Waals surface area contributed by atoms with Gasteiger partial charge >= 0.3 is 0 Å². The Hall–Kier alpha value is -1.49. The third-order valence-electron chi connectivity index (χ3n) is 4.38. The summed E-state index contributed by atoms with van der Waals surface area (Å²) >= 11 is 0. The summed E-state index contributed by atoms with van der Waals surface area (Å²) in [7, 11) is 0. The van der Waals surface area contributed by atoms with Gasteiger partial charge in [-0.05, 0) is 48.9 Å². The van der Waals surface area contributed by atoms with Gasteiger partial charge in [0, 0.05) is 18.8 Å². The van der Waals surface area contributed by atoms with Crippen LogP contribution in [0.3, 0.4) is 0 Å². The highest BCUT2D eigenvalue weighted by Gasteiger charge is 2.35. The summed E-state index contributed by atoms with van der Waals surface area (Å²) in [5, 5.41) is 9.31. The van der Waals surface area contributed by atoms with Crippen LogP contribution in [0.25, 0.3) is 0 Å². The molecule has 1 aromatic rings. The van der Waals surface area contributed by atoms with E-state index in [0.29, 0.717) is 0 Å². The highest BCUT2D eigenvalue weighted by Crippen LogP contribution is 2.37. The number of rotatable bonds is 1. The summed E-state index contributed by atoms with van der Waals surface area (Å²) in [5.41, 5.74) is 4.05. The summed E-state index contributed by atoms with van der Waals surface area (Å²) < 4.78 is 0. The number of nitrogens with zero attached hydrogens (tertiary/aromatic N) is 2. The van der Waals surface area contributed by atoms with Gasteiger partial charge in [-0.2, -0.15) is 5.26 Å². The normalized spacial score (nSPS) is 22.6. The molecule has 0 spiro atoms. The summed E-state index contributed by atoms with van der Waals surface area (Å²) in [6.07, 6.45) is 1.08. The van der Waals surface area contributed by atoms with Crippen LogP contribution in [-0.4, -0.2) is 13.1 Å². The van der Waals surface area contributed by atoms with Gasteiger partial charge in [0.25, 0.3) is 0 Å². The Morgan fingerprint density at radius 2 is 2.00 bits per heavy atom. The number of nitriles is 1. The molecular formula is C16H22N2. The summed E-state index contributed by atoms with van der Waals surface area (Å²) in [4.78, 5) is 2.35. The largest absolute Gasteiger partial charge is 0.370 e. The molecule has 2 rings (SSSR count). The van der Waals surface area contributed by atoms with Gasteiger partial charge in [-0.3, -0.25) is 0 Å². The summed E-state index contributed by atoms with van der Waals surface area (Å²) in [5.74, 6) is 0.118. The Labute approximate surface area is 110 Å². The third-order valence-corrected chi connectivity index (χ3v) is 4.38. The molecule has 1 heterocycles. The van der Waals surface area contributed by atoms with Gasteiger partial charge in [-0.1, -0.05) is 19.9 Å². The molecule has 1 unspecified atom stereocenters. The standard InChI is InChI=1S/C16H22N2/c1-12-5-6-15(9-13(12)2)18-8-7-16(3,4)14(10-17)11-18/h5-6,9,14H,7-8,11H2,1-4H3. The van der Waals surface area contributed by atoms with Crippen molar-refractivity contribution in [3.63, 3.8) is 0 Å². The van der Waals surface area contributed by atoms with Crippen LogP contribution in [0.1, 0.15) is 31.4 Å². The molecule has 0 aliphatic carbocycles. The van der Waals surface area contributed by atoms with Gasteiger partial charge < -0.3 is 4.90 Å². The lowest BCUT2D eigenvalue weighted by atomic mass is 9.74. The van der Waals surface area contributed by atoms with E-state index in [2.05, 4.69) is 56.9 Å². The molecular weight excluding hydrogens is 220 g/mol. The number of anilines is 1. The second kappa shape index (κ2) is 4.65. The smallest absolute Gasteiger partial charge is 0.0690 e. The van der Waals surface area contributed by atoms with Crippen molar-refractivity contribution in [1.82, 2.24) is 0 Å². The van der Waals surface area contributed by atoms with Gasteiger partial charge in [0.15, 0.2) is 0 Å². The number of piperidine rings is 1. The van der Waals surface area contributed by atoms with E-state index in [-0.39, 0.29) is 11.3 Å². The van der Waals surface area contributed by atoms with Crippen LogP contribution in [0, 0.1) is 36.5 Å². The van der Waals surface area contributed by atoms with E-state index in [1.165, 1.54) is 16.8 Å². The predicted octanol–water partition coefficient (Wildman–Crippen LogP) is 3.68. The Kier molecular flexibility index (Phi) is 3.34. The van der Waals surface area contributed by atoms with E-state index >= 15 is 0 Å². The fourth-order valence-electron chi connectivity index (χ4n) is 2.53. The molecule has 0 saturated carbocycles. The molecule has 0 N–H and O–H groups in total. The topological polar surface area (TPSA) is 27.0 Å². The van der Waals surface area contributed by atoms with Gasteiger partial charge in [0.1, 0.15) is 0 Å². The number of hydrogen-bond acceptors (Lipinski definition) is 2. The maximum atomic E-state index is 9.31. The van der Waals surface area contributed by atoms with Gasteiger partial charge in [-0.15, -0.1) is 0 Å². The highest BCUT2D eigenvalue weighted by molar-refractivity contribution is 5.51. The van der Waals surface area contributed by atoms with E-state index < -0.39 is 0 Å². The predicted molar refractivity (Wildman–Crippen MR) is 75.6 cm³/mol. The van der Waals surface area contributed by atoms with Crippen molar-refractivity contribution in [2.24, 2.45) is 11.3 Å². The first-order valence-electron chi connectivity index (χ1n) is 6.66. The first kappa shape index (κ1) is 13.0. The Morgan fingerprint density at radius 1 is 1.28 bits per heavy atom. The van der Waals surface area contributed by atoms with Crippen molar-refractivity contribution in [1.29, 1.82) is 5.26 Å². The van der Waals surface area contributed by atoms with Crippen LogP contribution in [0.5, 0.6) is 0 Å². The maximum Gasteiger partial charge on any atom is 0.0690 e. The van der Waals surface area contributed by atoms with Crippen LogP contribution < -0.4 is 4.90 Å². The van der Waals surface area contributed by atoms with E-state index in [1.807, 2.05) is 0 Å². The fraction of sp³-hybridized carbons (Fsp3) is 0.562. The van der Waals surface area contributed by atoms with E-state index in [9.17, 15) is 5.26 Å². The van der Waals surface area contributed by atoms with Crippen LogP contribution in [0.15, 0.2) is 18.2 Å². The molecule has 1 saturated heterocycles. The molecule has 1 fully saturated rings. The molecule has 0 radical (unpaired) electrons. The molecule has 1 aliphatic rings. The van der Waals surface area contributed by atoms with Crippen LogP contribution in [0.2, 0.25) is 0 Å². The molecule has 96 valence electrons. The van der Waals surface area contributed by atoms with Crippen molar-refractivity contribution in [2.45, 2.75) is 34.1 Å². The van der Waals surface area contributed by atoms with Crippen molar-refractivity contribution >= 4 is 5.69 Å². The van der Waals surface area contributed by atoms with Crippen molar-refractivity contribution in [2.75, 3.05) is 18.0 Å². The molecule has 1 aromatic carbocycles. The van der Waals surface area contributed by atoms with Crippen LogP contribution >= 0.6 is 0 Å². The summed E-state index contributed by atoms with van der Waals surface area (Å²) in [6.45, 7) is 10.6. The number of aryl methyl sites for hydroxylation is 2. The average Bonchev–Trinajstić information content (AvgIpc) is 2.32. The summed E-state index contributed by atoms with van der Waals surface area (Å²) in [6, 6.07) is 9.06. The van der Waals surface area contributed by atoms with Crippen molar-refractivity contribution in [3.8, 4) is 6.07 Å². The maximum absolute atomic E-state index is 9.31. The Bertz CT molecular complexity index is 482. The van der Waals surface area contributed by atoms with E-state index in [1.54, 1.807) is 0 Å². The quantitative estimate of drug-likeness (QED) is 0.751. The average molecular weight is 242 g/mol. The number of benzene rings is 1. The van der Waals surface area contributed by atoms with Crippen molar-refractivity contribution < 1.29 is 0 Å². The molecule has 0 amide bonds.